The lowest BCUT2D eigenvalue weighted by molar-refractivity contribution is 0.0529. The zero-order valence-corrected chi connectivity index (χ0v) is 9.02. The lowest BCUT2D eigenvalue weighted by atomic mass is 10.2. The van der Waals surface area contributed by atoms with E-state index in [1.807, 2.05) is 11.8 Å². The molecule has 4 heteroatoms. The molecule has 0 aliphatic carbocycles. The molecule has 2 N–H and O–H groups in total. The number of rotatable bonds is 5. The van der Waals surface area contributed by atoms with E-state index in [4.69, 9.17) is 10.5 Å². The van der Waals surface area contributed by atoms with Crippen LogP contribution in [0.3, 0.4) is 0 Å². The van der Waals surface area contributed by atoms with Crippen LogP contribution in [-0.4, -0.2) is 43.0 Å². The van der Waals surface area contributed by atoms with E-state index >= 15 is 0 Å². The van der Waals surface area contributed by atoms with Crippen molar-refractivity contribution in [1.82, 2.24) is 4.90 Å². The van der Waals surface area contributed by atoms with E-state index in [-0.39, 0.29) is 0 Å². The molecule has 13 heavy (non-hydrogen) atoms. The minimum Gasteiger partial charge on any atom is -0.365 e. The van der Waals surface area contributed by atoms with Crippen molar-refractivity contribution in [3.8, 4) is 0 Å². The number of hydrogen-bond donors (Lipinski definition) is 1. The summed E-state index contributed by atoms with van der Waals surface area (Å²) in [7, 11) is 0. The number of ether oxygens (including phenoxy) is 1. The van der Waals surface area contributed by atoms with Crippen molar-refractivity contribution in [2.75, 3.05) is 38.1 Å². The summed E-state index contributed by atoms with van der Waals surface area (Å²) < 4.78 is 5.44. The molecule has 0 saturated carbocycles. The van der Waals surface area contributed by atoms with Gasteiger partial charge in [0, 0.05) is 18.2 Å². The molecule has 1 saturated heterocycles. The quantitative estimate of drug-likeness (QED) is 0.681. The van der Waals surface area contributed by atoms with E-state index in [0.29, 0.717) is 0 Å². The third kappa shape index (κ3) is 5.52. The normalized spacial score (nSPS) is 20.1. The van der Waals surface area contributed by atoms with Gasteiger partial charge in [-0.25, -0.2) is 0 Å². The molecular weight excluding hydrogens is 184 g/mol. The predicted octanol–water partition coefficient (Wildman–Crippen LogP) is 1.10. The molecule has 3 nitrogen and oxygen atoms in total. The molecule has 78 valence electrons. The van der Waals surface area contributed by atoms with E-state index in [9.17, 15) is 0 Å². The van der Waals surface area contributed by atoms with Gasteiger partial charge in [0.15, 0.2) is 0 Å². The number of nitrogens with two attached hydrogens (primary N) is 1. The maximum Gasteiger partial charge on any atom is 0.0997 e. The molecule has 1 heterocycles. The molecule has 0 aromatic heterocycles. The van der Waals surface area contributed by atoms with Gasteiger partial charge < -0.3 is 10.5 Å². The van der Waals surface area contributed by atoms with Crippen LogP contribution in [0.4, 0.5) is 0 Å². The molecule has 1 fully saturated rings. The second-order valence-electron chi connectivity index (χ2n) is 3.32. The number of nitrogens with zero attached hydrogens (tertiary/aromatic N) is 1. The van der Waals surface area contributed by atoms with Gasteiger partial charge in [0.25, 0.3) is 0 Å². The summed E-state index contributed by atoms with van der Waals surface area (Å²) in [5.41, 5.74) is 5.43. The van der Waals surface area contributed by atoms with Crippen LogP contribution in [0.1, 0.15) is 19.3 Å². The average Bonchev–Trinajstić information content (AvgIpc) is 2.41. The second-order valence-corrected chi connectivity index (χ2v) is 4.39. The predicted molar refractivity (Wildman–Crippen MR) is 57.8 cm³/mol. The smallest absolute Gasteiger partial charge is 0.0997 e. The number of thioether (sulfide) groups is 1. The highest BCUT2D eigenvalue weighted by Crippen LogP contribution is 2.09. The van der Waals surface area contributed by atoms with E-state index in [1.54, 1.807) is 0 Å². The number of unbranched alkanes of at least 4 members (excludes halogenated alkanes) is 2. The fourth-order valence-corrected chi connectivity index (χ4v) is 2.15. The molecule has 0 bridgehead atoms. The Balaban J connectivity index is 1.98. The van der Waals surface area contributed by atoms with E-state index in [1.165, 1.54) is 12.8 Å². The molecule has 0 aromatic rings. The first-order chi connectivity index (χ1) is 6.43. The van der Waals surface area contributed by atoms with Crippen molar-refractivity contribution in [3.05, 3.63) is 0 Å². The highest BCUT2D eigenvalue weighted by atomic mass is 32.2. The Labute approximate surface area is 85.0 Å². The van der Waals surface area contributed by atoms with Gasteiger partial charge in [0.2, 0.25) is 0 Å². The fourth-order valence-electron chi connectivity index (χ4n) is 1.33. The highest BCUT2D eigenvalue weighted by molar-refractivity contribution is 7.99. The topological polar surface area (TPSA) is 38.5 Å². The summed E-state index contributed by atoms with van der Waals surface area (Å²) in [6.07, 6.45) is 3.65. The van der Waals surface area contributed by atoms with Crippen molar-refractivity contribution in [1.29, 1.82) is 0 Å². The zero-order chi connectivity index (χ0) is 9.36. The van der Waals surface area contributed by atoms with Crippen molar-refractivity contribution in [3.63, 3.8) is 0 Å². The Morgan fingerprint density at radius 1 is 1.31 bits per heavy atom. The minimum absolute atomic E-state index is 0.815. The van der Waals surface area contributed by atoms with Crippen molar-refractivity contribution in [2.24, 2.45) is 5.73 Å². The fraction of sp³-hybridized carbons (Fsp3) is 1.00. The molecule has 1 aliphatic rings. The SMILES string of the molecule is NCCCCCN1COCCSC1. The Bertz CT molecular complexity index is 116. The summed E-state index contributed by atoms with van der Waals surface area (Å²) in [6.45, 7) is 3.71. The lowest BCUT2D eigenvalue weighted by Gasteiger charge is -2.17. The van der Waals surface area contributed by atoms with Crippen LogP contribution in [0.25, 0.3) is 0 Å². The maximum absolute atomic E-state index is 5.44. The minimum atomic E-state index is 0.815. The summed E-state index contributed by atoms with van der Waals surface area (Å²) in [5, 5.41) is 0. The molecule has 1 rings (SSSR count). The molecule has 0 atom stereocenters. The third-order valence-corrected chi connectivity index (χ3v) is 3.10. The lowest BCUT2D eigenvalue weighted by Crippen LogP contribution is -2.25. The van der Waals surface area contributed by atoms with Gasteiger partial charge in [0.05, 0.1) is 13.3 Å². The Morgan fingerprint density at radius 3 is 3.08 bits per heavy atom. The van der Waals surface area contributed by atoms with Gasteiger partial charge in [-0.1, -0.05) is 6.42 Å². The van der Waals surface area contributed by atoms with Gasteiger partial charge in [-0.3, -0.25) is 4.90 Å². The zero-order valence-electron chi connectivity index (χ0n) is 8.21. The standard InChI is InChI=1S/C9H20N2OS/c10-4-2-1-3-5-11-8-12-6-7-13-9-11/h1-10H2. The molecule has 0 radical (unpaired) electrons. The van der Waals surface area contributed by atoms with Crippen LogP contribution < -0.4 is 5.73 Å². The Morgan fingerprint density at radius 2 is 2.23 bits per heavy atom. The number of hydrogen-bond acceptors (Lipinski definition) is 4. The van der Waals surface area contributed by atoms with E-state index < -0.39 is 0 Å². The van der Waals surface area contributed by atoms with Gasteiger partial charge in [-0.2, -0.15) is 0 Å². The van der Waals surface area contributed by atoms with Crippen molar-refractivity contribution < 1.29 is 4.74 Å². The first-order valence-electron chi connectivity index (χ1n) is 5.01. The average molecular weight is 204 g/mol. The Kier molecular flexibility index (Phi) is 6.62. The molecule has 0 aromatic carbocycles. The van der Waals surface area contributed by atoms with Crippen LogP contribution in [-0.2, 0) is 4.74 Å². The molecular formula is C9H20N2OS. The second kappa shape index (κ2) is 7.62. The third-order valence-electron chi connectivity index (χ3n) is 2.10. The van der Waals surface area contributed by atoms with Gasteiger partial charge in [-0.05, 0) is 19.4 Å². The first kappa shape index (κ1) is 11.3. The van der Waals surface area contributed by atoms with Crippen LogP contribution in [0.2, 0.25) is 0 Å². The maximum atomic E-state index is 5.44. The molecule has 0 amide bonds. The molecule has 0 unspecified atom stereocenters. The van der Waals surface area contributed by atoms with E-state index in [2.05, 4.69) is 4.90 Å². The summed E-state index contributed by atoms with van der Waals surface area (Å²) >= 11 is 1.96. The van der Waals surface area contributed by atoms with Crippen molar-refractivity contribution in [2.45, 2.75) is 19.3 Å². The monoisotopic (exact) mass is 204 g/mol. The first-order valence-corrected chi connectivity index (χ1v) is 6.17. The van der Waals surface area contributed by atoms with E-state index in [0.717, 1.165) is 44.5 Å². The summed E-state index contributed by atoms with van der Waals surface area (Å²) in [4.78, 5) is 2.37. The van der Waals surface area contributed by atoms with Gasteiger partial charge in [0.1, 0.15) is 0 Å². The largest absolute Gasteiger partial charge is 0.365 e. The van der Waals surface area contributed by atoms with Crippen LogP contribution in [0.5, 0.6) is 0 Å². The Hall–Kier alpha value is 0.230. The molecule has 0 spiro atoms. The van der Waals surface area contributed by atoms with Gasteiger partial charge in [-0.15, -0.1) is 11.8 Å². The van der Waals surface area contributed by atoms with Crippen molar-refractivity contribution >= 4 is 11.8 Å². The van der Waals surface area contributed by atoms with Gasteiger partial charge >= 0.3 is 0 Å². The highest BCUT2D eigenvalue weighted by Gasteiger charge is 2.07. The van der Waals surface area contributed by atoms with Crippen LogP contribution in [0.15, 0.2) is 0 Å². The summed E-state index contributed by atoms with van der Waals surface area (Å²) in [5.74, 6) is 2.27. The molecule has 1 aliphatic heterocycles. The van der Waals surface area contributed by atoms with Crippen LogP contribution in [0, 0.1) is 0 Å². The summed E-state index contributed by atoms with van der Waals surface area (Å²) in [6, 6.07) is 0. The van der Waals surface area contributed by atoms with Crippen LogP contribution >= 0.6 is 11.8 Å².